The van der Waals surface area contributed by atoms with Gasteiger partial charge in [0, 0.05) is 12.8 Å². The van der Waals surface area contributed by atoms with Crippen LogP contribution in [0.4, 0.5) is 0 Å². The van der Waals surface area contributed by atoms with Gasteiger partial charge in [0.2, 0.25) is 11.7 Å². The Bertz CT molecular complexity index is 268. The molecule has 0 aliphatic heterocycles. The zero-order valence-corrected chi connectivity index (χ0v) is 7.20. The molecule has 0 fully saturated rings. The van der Waals surface area contributed by atoms with Gasteiger partial charge in [-0.25, -0.2) is 0 Å². The third-order valence-corrected chi connectivity index (χ3v) is 1.37. The quantitative estimate of drug-likeness (QED) is 0.636. The molecule has 0 unspecified atom stereocenters. The van der Waals surface area contributed by atoms with Crippen LogP contribution in [-0.2, 0) is 6.42 Å². The SMILES string of the molecule is CC[CH]C(=O)c1nnc(CC)o1. The second-order valence-electron chi connectivity index (χ2n) is 2.33. The first-order valence-electron chi connectivity index (χ1n) is 3.97. The summed E-state index contributed by atoms with van der Waals surface area (Å²) in [5, 5.41) is 7.29. The molecule has 4 nitrogen and oxygen atoms in total. The second kappa shape index (κ2) is 3.99. The molecule has 0 saturated carbocycles. The Morgan fingerprint density at radius 3 is 2.75 bits per heavy atom. The van der Waals surface area contributed by atoms with E-state index in [4.69, 9.17) is 4.42 Å². The Hall–Kier alpha value is -1.19. The number of carbonyl (C=O) groups is 1. The number of ketones is 1. The monoisotopic (exact) mass is 167 g/mol. The van der Waals surface area contributed by atoms with Crippen molar-refractivity contribution < 1.29 is 9.21 Å². The van der Waals surface area contributed by atoms with E-state index >= 15 is 0 Å². The first-order valence-corrected chi connectivity index (χ1v) is 3.97. The summed E-state index contributed by atoms with van der Waals surface area (Å²) in [4.78, 5) is 11.1. The van der Waals surface area contributed by atoms with Gasteiger partial charge in [-0.2, -0.15) is 0 Å². The topological polar surface area (TPSA) is 56.0 Å². The maximum absolute atomic E-state index is 11.1. The van der Waals surface area contributed by atoms with Crippen molar-refractivity contribution >= 4 is 5.78 Å². The molecule has 1 aromatic rings. The third kappa shape index (κ3) is 1.90. The predicted molar refractivity (Wildman–Crippen MR) is 42.6 cm³/mol. The van der Waals surface area contributed by atoms with E-state index in [1.807, 2.05) is 13.8 Å². The van der Waals surface area contributed by atoms with Crippen LogP contribution in [0.3, 0.4) is 0 Å². The van der Waals surface area contributed by atoms with Crippen LogP contribution in [0, 0.1) is 6.42 Å². The minimum Gasteiger partial charge on any atom is -0.418 e. The number of hydrogen-bond acceptors (Lipinski definition) is 4. The first-order chi connectivity index (χ1) is 5.77. The molecular weight excluding hydrogens is 156 g/mol. The van der Waals surface area contributed by atoms with E-state index in [1.165, 1.54) is 6.42 Å². The van der Waals surface area contributed by atoms with Gasteiger partial charge in [0.15, 0.2) is 0 Å². The summed E-state index contributed by atoms with van der Waals surface area (Å²) in [6.07, 6.45) is 2.86. The van der Waals surface area contributed by atoms with Crippen LogP contribution in [0.2, 0.25) is 0 Å². The lowest BCUT2D eigenvalue weighted by Gasteiger charge is -1.88. The summed E-state index contributed by atoms with van der Waals surface area (Å²) in [5.41, 5.74) is 0. The largest absolute Gasteiger partial charge is 0.418 e. The molecule has 4 heteroatoms. The van der Waals surface area contributed by atoms with Crippen LogP contribution in [0.1, 0.15) is 36.8 Å². The Labute approximate surface area is 71.0 Å². The highest BCUT2D eigenvalue weighted by Gasteiger charge is 2.12. The van der Waals surface area contributed by atoms with Gasteiger partial charge in [-0.05, 0) is 6.42 Å². The van der Waals surface area contributed by atoms with E-state index in [0.717, 1.165) is 0 Å². The highest BCUT2D eigenvalue weighted by Crippen LogP contribution is 2.03. The molecule has 0 aliphatic rings. The molecule has 0 spiro atoms. The van der Waals surface area contributed by atoms with E-state index in [0.29, 0.717) is 18.7 Å². The van der Waals surface area contributed by atoms with Crippen molar-refractivity contribution in [1.82, 2.24) is 10.2 Å². The van der Waals surface area contributed by atoms with E-state index in [2.05, 4.69) is 10.2 Å². The number of rotatable bonds is 4. The van der Waals surface area contributed by atoms with E-state index in [1.54, 1.807) is 0 Å². The van der Waals surface area contributed by atoms with Crippen LogP contribution in [0.15, 0.2) is 4.42 Å². The molecule has 0 aliphatic carbocycles. The van der Waals surface area contributed by atoms with Gasteiger partial charge in [0.1, 0.15) is 0 Å². The summed E-state index contributed by atoms with van der Waals surface area (Å²) < 4.78 is 5.04. The summed E-state index contributed by atoms with van der Waals surface area (Å²) >= 11 is 0. The fourth-order valence-corrected chi connectivity index (χ4v) is 0.769. The first kappa shape index (κ1) is 8.90. The molecule has 1 aromatic heterocycles. The number of Topliss-reactive ketones (excluding diaryl/α,β-unsaturated/α-hetero) is 1. The van der Waals surface area contributed by atoms with Gasteiger partial charge in [-0.1, -0.05) is 13.8 Å². The molecule has 0 bridgehead atoms. The minimum atomic E-state index is -0.190. The lowest BCUT2D eigenvalue weighted by atomic mass is 10.2. The zero-order valence-electron chi connectivity index (χ0n) is 7.20. The fourth-order valence-electron chi connectivity index (χ4n) is 0.769. The van der Waals surface area contributed by atoms with Crippen molar-refractivity contribution in [3.8, 4) is 0 Å². The molecule has 12 heavy (non-hydrogen) atoms. The summed E-state index contributed by atoms with van der Waals surface area (Å²) in [6.45, 7) is 3.78. The molecule has 65 valence electrons. The summed E-state index contributed by atoms with van der Waals surface area (Å²) in [6, 6.07) is 0. The van der Waals surface area contributed by atoms with Crippen LogP contribution < -0.4 is 0 Å². The molecule has 0 atom stereocenters. The minimum absolute atomic E-state index is 0.0914. The smallest absolute Gasteiger partial charge is 0.284 e. The lowest BCUT2D eigenvalue weighted by Crippen LogP contribution is -1.98. The van der Waals surface area contributed by atoms with Gasteiger partial charge < -0.3 is 4.42 Å². The number of aromatic nitrogens is 2. The molecule has 0 amide bonds. The van der Waals surface area contributed by atoms with E-state index in [9.17, 15) is 4.79 Å². The third-order valence-electron chi connectivity index (χ3n) is 1.37. The Morgan fingerprint density at radius 1 is 1.50 bits per heavy atom. The highest BCUT2D eigenvalue weighted by atomic mass is 16.4. The van der Waals surface area contributed by atoms with Crippen molar-refractivity contribution in [2.24, 2.45) is 0 Å². The standard InChI is InChI=1S/C8H11N2O2/c1-3-5-6(11)8-10-9-7(4-2)12-8/h5H,3-4H2,1-2H3. The Morgan fingerprint density at radius 2 is 2.25 bits per heavy atom. The zero-order chi connectivity index (χ0) is 8.97. The van der Waals surface area contributed by atoms with Crippen molar-refractivity contribution in [2.45, 2.75) is 26.7 Å². The van der Waals surface area contributed by atoms with Crippen LogP contribution >= 0.6 is 0 Å². The van der Waals surface area contributed by atoms with Crippen LogP contribution in [-0.4, -0.2) is 16.0 Å². The Kier molecular flexibility index (Phi) is 2.96. The van der Waals surface area contributed by atoms with Gasteiger partial charge in [-0.3, -0.25) is 4.79 Å². The van der Waals surface area contributed by atoms with Gasteiger partial charge in [0.25, 0.3) is 5.89 Å². The van der Waals surface area contributed by atoms with Crippen molar-refractivity contribution in [3.63, 3.8) is 0 Å². The average Bonchev–Trinajstić information content (AvgIpc) is 2.52. The number of hydrogen-bond donors (Lipinski definition) is 0. The maximum atomic E-state index is 11.1. The maximum Gasteiger partial charge on any atom is 0.284 e. The molecule has 0 N–H and O–H groups in total. The molecule has 1 rings (SSSR count). The summed E-state index contributed by atoms with van der Waals surface area (Å²) in [5.74, 6) is 0.404. The van der Waals surface area contributed by atoms with Crippen molar-refractivity contribution in [1.29, 1.82) is 0 Å². The molecule has 1 radical (unpaired) electrons. The van der Waals surface area contributed by atoms with Crippen LogP contribution in [0.5, 0.6) is 0 Å². The lowest BCUT2D eigenvalue weighted by molar-refractivity contribution is 0.0989. The molecule has 1 heterocycles. The van der Waals surface area contributed by atoms with Gasteiger partial charge in [0.05, 0.1) is 0 Å². The number of carbonyl (C=O) groups excluding carboxylic acids is 1. The summed E-state index contributed by atoms with van der Waals surface area (Å²) in [7, 11) is 0. The fraction of sp³-hybridized carbons (Fsp3) is 0.500. The van der Waals surface area contributed by atoms with Crippen LogP contribution in [0.25, 0.3) is 0 Å². The molecule has 0 saturated heterocycles. The van der Waals surface area contributed by atoms with E-state index in [-0.39, 0.29) is 11.7 Å². The highest BCUT2D eigenvalue weighted by molar-refractivity contribution is 5.98. The number of aryl methyl sites for hydroxylation is 1. The average molecular weight is 167 g/mol. The van der Waals surface area contributed by atoms with Crippen molar-refractivity contribution in [2.75, 3.05) is 0 Å². The normalized spacial score (nSPS) is 10.2. The molecular formula is C8H11N2O2. The Balaban J connectivity index is 2.68. The molecule has 0 aromatic carbocycles. The van der Waals surface area contributed by atoms with Crippen molar-refractivity contribution in [3.05, 3.63) is 18.2 Å². The predicted octanol–water partition coefficient (Wildman–Crippen LogP) is 1.43. The number of nitrogens with zero attached hydrogens (tertiary/aromatic N) is 2. The van der Waals surface area contributed by atoms with Gasteiger partial charge in [-0.15, -0.1) is 10.2 Å². The van der Waals surface area contributed by atoms with Gasteiger partial charge >= 0.3 is 0 Å². The second-order valence-corrected chi connectivity index (χ2v) is 2.33. The van der Waals surface area contributed by atoms with E-state index < -0.39 is 0 Å².